The molecule has 1 aromatic rings. The van der Waals surface area contributed by atoms with Crippen molar-refractivity contribution in [3.63, 3.8) is 0 Å². The lowest BCUT2D eigenvalue weighted by molar-refractivity contribution is 0.202. The van der Waals surface area contributed by atoms with Crippen molar-refractivity contribution >= 4 is 23.3 Å². The van der Waals surface area contributed by atoms with E-state index in [9.17, 15) is 4.79 Å². The topological polar surface area (TPSA) is 61.8 Å². The van der Waals surface area contributed by atoms with E-state index < -0.39 is 0 Å². The molecule has 0 aliphatic heterocycles. The van der Waals surface area contributed by atoms with Gasteiger partial charge in [-0.05, 0) is 32.0 Å². The second kappa shape index (κ2) is 7.21. The molecule has 0 heterocycles. The number of amides is 2. The molecular formula is C13H19ClN2O3. The number of nitrogens with one attached hydrogen (secondary N) is 1. The van der Waals surface area contributed by atoms with E-state index in [4.69, 9.17) is 21.4 Å². The number of aliphatic hydroxyl groups excluding tert-OH is 1. The lowest BCUT2D eigenvalue weighted by Gasteiger charge is -2.17. The summed E-state index contributed by atoms with van der Waals surface area (Å²) >= 11 is 6.07. The first-order valence-corrected chi connectivity index (χ1v) is 6.41. The number of hydrogen-bond donors (Lipinski definition) is 2. The van der Waals surface area contributed by atoms with Crippen LogP contribution >= 0.6 is 11.6 Å². The maximum Gasteiger partial charge on any atom is 0.321 e. The lowest BCUT2D eigenvalue weighted by Crippen LogP contribution is -2.33. The number of anilines is 1. The first kappa shape index (κ1) is 15.6. The molecule has 0 aliphatic carbocycles. The van der Waals surface area contributed by atoms with Crippen LogP contribution in [0.1, 0.15) is 13.8 Å². The summed E-state index contributed by atoms with van der Waals surface area (Å²) < 4.78 is 5.50. The highest BCUT2D eigenvalue weighted by Gasteiger charge is 2.10. The van der Waals surface area contributed by atoms with Crippen LogP contribution in [0.3, 0.4) is 0 Å². The molecule has 0 unspecified atom stereocenters. The van der Waals surface area contributed by atoms with Crippen molar-refractivity contribution < 1.29 is 14.6 Å². The quantitative estimate of drug-likeness (QED) is 0.874. The Labute approximate surface area is 118 Å². The Bertz CT molecular complexity index is 438. The summed E-state index contributed by atoms with van der Waals surface area (Å²) in [6.45, 7) is 4.02. The molecule has 19 heavy (non-hydrogen) atoms. The van der Waals surface area contributed by atoms with E-state index in [0.29, 0.717) is 16.5 Å². The van der Waals surface area contributed by atoms with E-state index in [1.165, 1.54) is 4.90 Å². The van der Waals surface area contributed by atoms with Crippen LogP contribution < -0.4 is 10.1 Å². The van der Waals surface area contributed by atoms with Crippen molar-refractivity contribution in [2.45, 2.75) is 20.0 Å². The summed E-state index contributed by atoms with van der Waals surface area (Å²) in [5.74, 6) is 0.582. The molecule has 2 N–H and O–H groups in total. The number of halogens is 1. The van der Waals surface area contributed by atoms with Crippen LogP contribution in [0.4, 0.5) is 10.5 Å². The van der Waals surface area contributed by atoms with E-state index in [-0.39, 0.29) is 25.3 Å². The van der Waals surface area contributed by atoms with Gasteiger partial charge >= 0.3 is 6.03 Å². The Balaban J connectivity index is 2.70. The predicted octanol–water partition coefficient (Wildman–Crippen LogP) is 2.58. The minimum atomic E-state index is -0.303. The van der Waals surface area contributed by atoms with Gasteiger partial charge in [0.25, 0.3) is 0 Å². The second-order valence-electron chi connectivity index (χ2n) is 4.39. The van der Waals surface area contributed by atoms with Crippen LogP contribution in [-0.2, 0) is 0 Å². The smallest absolute Gasteiger partial charge is 0.321 e. The van der Waals surface area contributed by atoms with Crippen LogP contribution in [0.2, 0.25) is 5.02 Å². The maximum atomic E-state index is 11.7. The number of aliphatic hydroxyl groups is 1. The number of carbonyl (C=O) groups excluding carboxylic acids is 1. The van der Waals surface area contributed by atoms with Gasteiger partial charge in [-0.25, -0.2) is 4.79 Å². The number of urea groups is 1. The van der Waals surface area contributed by atoms with Crippen molar-refractivity contribution in [1.29, 1.82) is 0 Å². The third-order valence-corrected chi connectivity index (χ3v) is 2.62. The van der Waals surface area contributed by atoms with Gasteiger partial charge in [0.15, 0.2) is 0 Å². The summed E-state index contributed by atoms with van der Waals surface area (Å²) in [6.07, 6.45) is 0.0358. The molecular weight excluding hydrogens is 268 g/mol. The van der Waals surface area contributed by atoms with Crippen LogP contribution in [0.25, 0.3) is 0 Å². The number of nitrogens with zero attached hydrogens (tertiary/aromatic N) is 1. The zero-order valence-corrected chi connectivity index (χ0v) is 12.1. The molecule has 0 radical (unpaired) electrons. The van der Waals surface area contributed by atoms with Gasteiger partial charge in [0, 0.05) is 19.3 Å². The van der Waals surface area contributed by atoms with Gasteiger partial charge < -0.3 is 20.1 Å². The molecule has 1 rings (SSSR count). The second-order valence-corrected chi connectivity index (χ2v) is 4.79. The number of hydrogen-bond acceptors (Lipinski definition) is 3. The zero-order chi connectivity index (χ0) is 14.4. The SMILES string of the molecule is CC(C)Oc1ccc(NC(=O)N(C)CCO)cc1Cl. The fourth-order valence-corrected chi connectivity index (χ4v) is 1.62. The highest BCUT2D eigenvalue weighted by Crippen LogP contribution is 2.28. The van der Waals surface area contributed by atoms with Gasteiger partial charge in [-0.15, -0.1) is 0 Å². The van der Waals surface area contributed by atoms with Crippen molar-refractivity contribution in [1.82, 2.24) is 4.90 Å². The first-order chi connectivity index (χ1) is 8.93. The minimum Gasteiger partial charge on any atom is -0.489 e. The predicted molar refractivity (Wildman–Crippen MR) is 76.0 cm³/mol. The Morgan fingerprint density at radius 1 is 1.53 bits per heavy atom. The minimum absolute atomic E-state index is 0.0358. The van der Waals surface area contributed by atoms with Crippen molar-refractivity contribution in [2.24, 2.45) is 0 Å². The summed E-state index contributed by atoms with van der Waals surface area (Å²) in [6, 6.07) is 4.75. The molecule has 0 atom stereocenters. The number of carbonyl (C=O) groups is 1. The summed E-state index contributed by atoms with van der Waals surface area (Å²) in [5.41, 5.74) is 0.580. The average molecular weight is 287 g/mol. The Hall–Kier alpha value is -1.46. The summed E-state index contributed by atoms with van der Waals surface area (Å²) in [5, 5.41) is 11.9. The van der Waals surface area contributed by atoms with Crippen LogP contribution in [0.15, 0.2) is 18.2 Å². The van der Waals surface area contributed by atoms with Gasteiger partial charge in [-0.2, -0.15) is 0 Å². The Morgan fingerprint density at radius 3 is 2.74 bits per heavy atom. The fraction of sp³-hybridized carbons (Fsp3) is 0.462. The normalized spacial score (nSPS) is 10.4. The molecule has 0 saturated heterocycles. The summed E-state index contributed by atoms with van der Waals surface area (Å²) in [7, 11) is 1.60. The maximum absolute atomic E-state index is 11.7. The Kier molecular flexibility index (Phi) is 5.92. The molecule has 0 aliphatic rings. The van der Waals surface area contributed by atoms with Crippen LogP contribution in [0.5, 0.6) is 5.75 Å². The zero-order valence-electron chi connectivity index (χ0n) is 11.3. The molecule has 1 aromatic carbocycles. The van der Waals surface area contributed by atoms with Gasteiger partial charge in [0.05, 0.1) is 17.7 Å². The van der Waals surface area contributed by atoms with E-state index >= 15 is 0 Å². The third-order valence-electron chi connectivity index (χ3n) is 2.33. The molecule has 5 nitrogen and oxygen atoms in total. The highest BCUT2D eigenvalue weighted by atomic mass is 35.5. The van der Waals surface area contributed by atoms with Crippen molar-refractivity contribution in [3.8, 4) is 5.75 Å². The number of rotatable bonds is 5. The lowest BCUT2D eigenvalue weighted by atomic mass is 10.3. The van der Waals surface area contributed by atoms with E-state index in [0.717, 1.165) is 0 Å². The Morgan fingerprint density at radius 2 is 2.21 bits per heavy atom. The standard InChI is InChI=1S/C13H19ClN2O3/c1-9(2)19-12-5-4-10(8-11(12)14)15-13(18)16(3)6-7-17/h4-5,8-9,17H,6-7H2,1-3H3,(H,15,18). The monoisotopic (exact) mass is 286 g/mol. The molecule has 0 bridgehead atoms. The van der Waals surface area contributed by atoms with E-state index in [1.807, 2.05) is 13.8 Å². The van der Waals surface area contributed by atoms with E-state index in [2.05, 4.69) is 5.32 Å². The average Bonchev–Trinajstić information content (AvgIpc) is 2.32. The highest BCUT2D eigenvalue weighted by molar-refractivity contribution is 6.32. The molecule has 0 saturated carbocycles. The molecule has 0 spiro atoms. The third kappa shape index (κ3) is 4.96. The van der Waals surface area contributed by atoms with Gasteiger partial charge in [0.2, 0.25) is 0 Å². The first-order valence-electron chi connectivity index (χ1n) is 6.03. The molecule has 2 amide bonds. The van der Waals surface area contributed by atoms with Crippen LogP contribution in [-0.4, -0.2) is 42.3 Å². The molecule has 106 valence electrons. The van der Waals surface area contributed by atoms with Gasteiger partial charge in [0.1, 0.15) is 5.75 Å². The molecule has 6 heteroatoms. The van der Waals surface area contributed by atoms with Crippen molar-refractivity contribution in [2.75, 3.05) is 25.5 Å². The van der Waals surface area contributed by atoms with Gasteiger partial charge in [-0.3, -0.25) is 0 Å². The molecule has 0 fully saturated rings. The number of benzene rings is 1. The van der Waals surface area contributed by atoms with Gasteiger partial charge in [-0.1, -0.05) is 11.6 Å². The number of likely N-dealkylation sites (N-methyl/N-ethyl adjacent to an activating group) is 1. The van der Waals surface area contributed by atoms with E-state index in [1.54, 1.807) is 25.2 Å². The molecule has 0 aromatic heterocycles. The summed E-state index contributed by atoms with van der Waals surface area (Å²) in [4.78, 5) is 13.1. The number of ether oxygens (including phenoxy) is 1. The fourth-order valence-electron chi connectivity index (χ4n) is 1.40. The van der Waals surface area contributed by atoms with Crippen LogP contribution in [0, 0.1) is 0 Å². The largest absolute Gasteiger partial charge is 0.489 e. The van der Waals surface area contributed by atoms with Crippen molar-refractivity contribution in [3.05, 3.63) is 23.2 Å².